The van der Waals surface area contributed by atoms with Crippen LogP contribution in [0.15, 0.2) is 12.2 Å². The van der Waals surface area contributed by atoms with Crippen molar-refractivity contribution in [2.24, 2.45) is 0 Å². The van der Waals surface area contributed by atoms with Crippen molar-refractivity contribution in [2.75, 3.05) is 6.61 Å². The van der Waals surface area contributed by atoms with Crippen LogP contribution in [0.25, 0.3) is 0 Å². The number of hydrogen-bond donors (Lipinski definition) is 3. The van der Waals surface area contributed by atoms with Gasteiger partial charge in [-0.2, -0.15) is 0 Å². The molecule has 0 aliphatic rings. The van der Waals surface area contributed by atoms with Gasteiger partial charge >= 0.3 is 5.97 Å². The highest BCUT2D eigenvalue weighted by molar-refractivity contribution is 5.77. The summed E-state index contributed by atoms with van der Waals surface area (Å²) in [7, 11) is 0. The second-order valence-corrected chi connectivity index (χ2v) is 17.6. The van der Waals surface area contributed by atoms with Crippen molar-refractivity contribution in [1.82, 2.24) is 5.32 Å². The average molecular weight is 806 g/mol. The molecule has 0 aliphatic heterocycles. The van der Waals surface area contributed by atoms with E-state index in [2.05, 4.69) is 38.2 Å². The predicted octanol–water partition coefficient (Wildman–Crippen LogP) is 15.0. The number of aliphatic hydroxyl groups is 2. The van der Waals surface area contributed by atoms with E-state index in [4.69, 9.17) is 4.74 Å². The van der Waals surface area contributed by atoms with Crippen molar-refractivity contribution in [3.05, 3.63) is 12.2 Å². The Bertz CT molecular complexity index is 863. The van der Waals surface area contributed by atoms with Crippen LogP contribution in [0.1, 0.15) is 278 Å². The molecule has 0 heterocycles. The van der Waals surface area contributed by atoms with Gasteiger partial charge in [0.2, 0.25) is 5.91 Å². The fraction of sp³-hybridized carbons (Fsp3) is 0.922. The topological polar surface area (TPSA) is 95.9 Å². The molecule has 3 unspecified atom stereocenters. The van der Waals surface area contributed by atoms with Gasteiger partial charge in [0.1, 0.15) is 6.10 Å². The minimum Gasteiger partial charge on any atom is -0.462 e. The monoisotopic (exact) mass is 806 g/mol. The highest BCUT2D eigenvalue weighted by Gasteiger charge is 2.24. The molecule has 3 atom stereocenters. The minimum atomic E-state index is -0.785. The predicted molar refractivity (Wildman–Crippen MR) is 246 cm³/mol. The first-order valence-electron chi connectivity index (χ1n) is 25.4. The normalized spacial score (nSPS) is 13.3. The molecular formula is C51H99NO5. The Morgan fingerprint density at radius 2 is 0.842 bits per heavy atom. The van der Waals surface area contributed by atoms with Gasteiger partial charge < -0.3 is 20.3 Å². The number of hydrogen-bond acceptors (Lipinski definition) is 5. The lowest BCUT2D eigenvalue weighted by atomic mass is 10.0. The average Bonchev–Trinajstić information content (AvgIpc) is 3.20. The number of allylic oxidation sites excluding steroid dienone is 2. The van der Waals surface area contributed by atoms with E-state index >= 15 is 0 Å². The summed E-state index contributed by atoms with van der Waals surface area (Å²) in [6, 6.07) is -0.699. The molecule has 0 fully saturated rings. The van der Waals surface area contributed by atoms with Crippen LogP contribution in [0.5, 0.6) is 0 Å². The molecule has 0 aromatic rings. The number of aliphatic hydroxyl groups excluding tert-OH is 2. The summed E-state index contributed by atoms with van der Waals surface area (Å²) >= 11 is 0. The van der Waals surface area contributed by atoms with Crippen LogP contribution in [0.2, 0.25) is 0 Å². The number of nitrogens with one attached hydrogen (secondary N) is 1. The number of carbonyl (C=O) groups is 2. The van der Waals surface area contributed by atoms with Gasteiger partial charge in [-0.25, -0.2) is 0 Å². The fourth-order valence-electron chi connectivity index (χ4n) is 7.96. The van der Waals surface area contributed by atoms with E-state index in [0.717, 1.165) is 64.2 Å². The van der Waals surface area contributed by atoms with Gasteiger partial charge in [-0.1, -0.05) is 226 Å². The van der Waals surface area contributed by atoms with Gasteiger partial charge in [-0.15, -0.1) is 0 Å². The van der Waals surface area contributed by atoms with E-state index < -0.39 is 18.2 Å². The van der Waals surface area contributed by atoms with Crippen LogP contribution >= 0.6 is 0 Å². The molecule has 3 N–H and O–H groups in total. The Hall–Kier alpha value is -1.40. The van der Waals surface area contributed by atoms with E-state index in [0.29, 0.717) is 19.3 Å². The van der Waals surface area contributed by atoms with Gasteiger partial charge in [0, 0.05) is 6.42 Å². The van der Waals surface area contributed by atoms with Crippen LogP contribution in [-0.4, -0.2) is 46.9 Å². The second kappa shape index (κ2) is 45.7. The molecule has 0 saturated carbocycles. The van der Waals surface area contributed by atoms with Gasteiger partial charge in [0.15, 0.2) is 0 Å². The van der Waals surface area contributed by atoms with Crippen LogP contribution in [0, 0.1) is 0 Å². The minimum absolute atomic E-state index is 0.0732. The van der Waals surface area contributed by atoms with E-state index in [9.17, 15) is 19.8 Å². The van der Waals surface area contributed by atoms with Gasteiger partial charge in [0.25, 0.3) is 0 Å². The summed E-state index contributed by atoms with van der Waals surface area (Å²) in [6.07, 6.45) is 49.9. The Morgan fingerprint density at radius 3 is 1.28 bits per heavy atom. The molecule has 0 aromatic heterocycles. The SMILES string of the molecule is CCCCC/C=C\CCCCCC(CC(=O)NC(CO)C(O)CCCCCCCCCCCCCCCCCC)OC(=O)CCCCCCCCCCCCCC. The number of ether oxygens (including phenoxy) is 1. The van der Waals surface area contributed by atoms with Crippen LogP contribution in [0.4, 0.5) is 0 Å². The molecule has 0 rings (SSSR count). The molecule has 1 amide bonds. The van der Waals surface area contributed by atoms with Crippen LogP contribution in [0.3, 0.4) is 0 Å². The Balaban J connectivity index is 4.45. The summed E-state index contributed by atoms with van der Waals surface area (Å²) < 4.78 is 5.90. The molecule has 0 spiro atoms. The zero-order valence-corrected chi connectivity index (χ0v) is 38.5. The molecular weight excluding hydrogens is 707 g/mol. The summed E-state index contributed by atoms with van der Waals surface area (Å²) in [4.78, 5) is 26.0. The molecule has 57 heavy (non-hydrogen) atoms. The number of carbonyl (C=O) groups excluding carboxylic acids is 2. The van der Waals surface area contributed by atoms with E-state index in [1.807, 2.05) is 0 Å². The third-order valence-corrected chi connectivity index (χ3v) is 11.8. The Kier molecular flexibility index (Phi) is 44.6. The Morgan fingerprint density at radius 1 is 0.491 bits per heavy atom. The van der Waals surface area contributed by atoms with Crippen molar-refractivity contribution in [3.63, 3.8) is 0 Å². The standard InChI is InChI=1S/C51H99NO5/c1-4-7-10-13-16-19-22-24-25-26-27-28-31-34-37-40-43-49(54)48(46-53)52-50(55)45-47(42-39-36-33-30-21-18-15-12-9-6-3)57-51(56)44-41-38-35-32-29-23-20-17-14-11-8-5-2/h18,21,47-49,53-54H,4-17,19-20,22-46H2,1-3H3,(H,52,55)/b21-18-. The summed E-state index contributed by atoms with van der Waals surface area (Å²) in [5.74, 6) is -0.476. The van der Waals surface area contributed by atoms with Gasteiger partial charge in [0.05, 0.1) is 25.2 Å². The van der Waals surface area contributed by atoms with Gasteiger partial charge in [-0.3, -0.25) is 9.59 Å². The zero-order valence-electron chi connectivity index (χ0n) is 38.5. The molecule has 0 bridgehead atoms. The number of rotatable bonds is 46. The maximum Gasteiger partial charge on any atom is 0.306 e. The molecule has 0 aromatic carbocycles. The van der Waals surface area contributed by atoms with E-state index in [-0.39, 0.29) is 24.9 Å². The quantitative estimate of drug-likeness (QED) is 0.0323. The maximum atomic E-state index is 13.2. The second-order valence-electron chi connectivity index (χ2n) is 17.6. The van der Waals surface area contributed by atoms with Crippen LogP contribution in [-0.2, 0) is 14.3 Å². The number of amides is 1. The van der Waals surface area contributed by atoms with Crippen molar-refractivity contribution >= 4 is 11.9 Å². The molecule has 338 valence electrons. The van der Waals surface area contributed by atoms with Crippen molar-refractivity contribution in [2.45, 2.75) is 296 Å². The van der Waals surface area contributed by atoms with Gasteiger partial charge in [-0.05, 0) is 51.4 Å². The van der Waals surface area contributed by atoms with Crippen LogP contribution < -0.4 is 5.32 Å². The first-order valence-corrected chi connectivity index (χ1v) is 25.4. The molecule has 6 heteroatoms. The molecule has 6 nitrogen and oxygen atoms in total. The highest BCUT2D eigenvalue weighted by Crippen LogP contribution is 2.18. The summed E-state index contributed by atoms with van der Waals surface area (Å²) in [5.41, 5.74) is 0. The summed E-state index contributed by atoms with van der Waals surface area (Å²) in [5, 5.41) is 23.7. The molecule has 0 aliphatic carbocycles. The first kappa shape index (κ1) is 55.6. The molecule has 0 radical (unpaired) electrons. The Labute approximate surface area is 355 Å². The fourth-order valence-corrected chi connectivity index (χ4v) is 7.96. The molecule has 0 saturated heterocycles. The third-order valence-electron chi connectivity index (χ3n) is 11.8. The lowest BCUT2D eigenvalue weighted by Crippen LogP contribution is -2.46. The number of unbranched alkanes of at least 4 members (excludes halogenated alkanes) is 32. The van der Waals surface area contributed by atoms with Crippen molar-refractivity contribution in [1.29, 1.82) is 0 Å². The lowest BCUT2D eigenvalue weighted by Gasteiger charge is -2.24. The third kappa shape index (κ3) is 41.1. The van der Waals surface area contributed by atoms with Crippen molar-refractivity contribution in [3.8, 4) is 0 Å². The highest BCUT2D eigenvalue weighted by atomic mass is 16.5. The van der Waals surface area contributed by atoms with Crippen molar-refractivity contribution < 1.29 is 24.5 Å². The van der Waals surface area contributed by atoms with E-state index in [1.54, 1.807) is 0 Å². The van der Waals surface area contributed by atoms with E-state index in [1.165, 1.54) is 167 Å². The zero-order chi connectivity index (χ0) is 41.7. The number of esters is 1. The first-order chi connectivity index (χ1) is 28.0. The summed E-state index contributed by atoms with van der Waals surface area (Å²) in [6.45, 7) is 6.47. The smallest absolute Gasteiger partial charge is 0.306 e. The lowest BCUT2D eigenvalue weighted by molar-refractivity contribution is -0.151. The maximum absolute atomic E-state index is 13.2. The largest absolute Gasteiger partial charge is 0.462 e.